The fraction of sp³-hybridized carbons (Fsp3) is 1.00. The molecule has 0 aromatic heterocycles. The van der Waals surface area contributed by atoms with Crippen LogP contribution in [0.25, 0.3) is 0 Å². The average Bonchev–Trinajstić information content (AvgIpc) is 2.37. The molecule has 0 aliphatic heterocycles. The van der Waals surface area contributed by atoms with Crippen LogP contribution in [0.4, 0.5) is 0 Å². The molecule has 0 heterocycles. The third-order valence-electron chi connectivity index (χ3n) is 3.54. The molecule has 2 atom stereocenters. The number of likely N-dealkylation sites (N-methyl/N-ethyl adjacent to an activating group) is 1. The van der Waals surface area contributed by atoms with Crippen LogP contribution >= 0.6 is 0 Å². The highest BCUT2D eigenvalue weighted by Crippen LogP contribution is 2.11. The van der Waals surface area contributed by atoms with Gasteiger partial charge in [-0.1, -0.05) is 13.8 Å². The van der Waals surface area contributed by atoms with Crippen molar-refractivity contribution in [3.8, 4) is 0 Å². The maximum atomic E-state index is 9.53. The summed E-state index contributed by atoms with van der Waals surface area (Å²) in [6, 6.07) is 0.425. The number of methoxy groups -OCH3 is 1. The molecule has 0 aliphatic rings. The van der Waals surface area contributed by atoms with Gasteiger partial charge >= 0.3 is 0 Å². The molecular weight excluding hydrogens is 228 g/mol. The number of aliphatic hydroxyl groups is 1. The summed E-state index contributed by atoms with van der Waals surface area (Å²) in [5, 5.41) is 13.0. The minimum absolute atomic E-state index is 0.170. The molecule has 0 radical (unpaired) electrons. The van der Waals surface area contributed by atoms with Crippen LogP contribution < -0.4 is 5.32 Å². The average molecular weight is 260 g/mol. The van der Waals surface area contributed by atoms with E-state index >= 15 is 0 Å². The molecule has 0 saturated carbocycles. The van der Waals surface area contributed by atoms with Gasteiger partial charge in [0.2, 0.25) is 0 Å². The second-order valence-electron chi connectivity index (χ2n) is 5.33. The van der Waals surface area contributed by atoms with Gasteiger partial charge in [0.25, 0.3) is 0 Å². The zero-order chi connectivity index (χ0) is 14.0. The van der Waals surface area contributed by atoms with Crippen LogP contribution in [-0.2, 0) is 4.74 Å². The van der Waals surface area contributed by atoms with Crippen molar-refractivity contribution >= 4 is 0 Å². The second-order valence-corrected chi connectivity index (χ2v) is 5.33. The summed E-state index contributed by atoms with van der Waals surface area (Å²) in [7, 11) is 1.74. The van der Waals surface area contributed by atoms with Gasteiger partial charge in [-0.15, -0.1) is 0 Å². The van der Waals surface area contributed by atoms with E-state index in [1.165, 1.54) is 0 Å². The maximum Gasteiger partial charge on any atom is 0.0615 e. The van der Waals surface area contributed by atoms with Gasteiger partial charge in [-0.05, 0) is 39.8 Å². The van der Waals surface area contributed by atoms with Gasteiger partial charge in [-0.25, -0.2) is 0 Å². The monoisotopic (exact) mass is 260 g/mol. The van der Waals surface area contributed by atoms with Crippen LogP contribution in [0.2, 0.25) is 0 Å². The highest BCUT2D eigenvalue weighted by atomic mass is 16.5. The van der Waals surface area contributed by atoms with Crippen molar-refractivity contribution in [1.29, 1.82) is 0 Å². The molecule has 0 aromatic carbocycles. The summed E-state index contributed by atoms with van der Waals surface area (Å²) >= 11 is 0. The number of nitrogens with zero attached hydrogens (tertiary/aromatic N) is 1. The van der Waals surface area contributed by atoms with E-state index in [-0.39, 0.29) is 12.1 Å². The number of rotatable bonds is 11. The molecule has 110 valence electrons. The van der Waals surface area contributed by atoms with Crippen molar-refractivity contribution in [2.45, 2.75) is 52.1 Å². The lowest BCUT2D eigenvalue weighted by molar-refractivity contribution is 0.0867. The quantitative estimate of drug-likeness (QED) is 0.591. The SMILES string of the molecule is CCCNC(C)(CO)CCN(CC)C(C)COC. The fourth-order valence-electron chi connectivity index (χ4n) is 2.08. The van der Waals surface area contributed by atoms with Gasteiger partial charge in [0.05, 0.1) is 13.2 Å². The van der Waals surface area contributed by atoms with Crippen LogP contribution in [0.3, 0.4) is 0 Å². The van der Waals surface area contributed by atoms with E-state index in [0.29, 0.717) is 6.04 Å². The smallest absolute Gasteiger partial charge is 0.0615 e. The standard InChI is InChI=1S/C14H32N2O2/c1-6-9-15-14(4,12-17)8-10-16(7-2)13(3)11-18-5/h13,15,17H,6-12H2,1-5H3. The van der Waals surface area contributed by atoms with E-state index in [1.807, 2.05) is 0 Å². The minimum atomic E-state index is -0.170. The second kappa shape index (κ2) is 9.73. The lowest BCUT2D eigenvalue weighted by atomic mass is 9.98. The molecule has 2 unspecified atom stereocenters. The molecule has 4 heteroatoms. The van der Waals surface area contributed by atoms with E-state index < -0.39 is 0 Å². The van der Waals surface area contributed by atoms with E-state index in [4.69, 9.17) is 4.74 Å². The van der Waals surface area contributed by atoms with Gasteiger partial charge in [-0.3, -0.25) is 4.90 Å². The molecule has 0 bridgehead atoms. The van der Waals surface area contributed by atoms with Crippen molar-refractivity contribution in [2.24, 2.45) is 0 Å². The Morgan fingerprint density at radius 2 is 2.06 bits per heavy atom. The third kappa shape index (κ3) is 6.69. The van der Waals surface area contributed by atoms with E-state index in [2.05, 4.69) is 37.9 Å². The summed E-state index contributed by atoms with van der Waals surface area (Å²) in [6.45, 7) is 12.5. The first kappa shape index (κ1) is 17.8. The van der Waals surface area contributed by atoms with E-state index in [1.54, 1.807) is 7.11 Å². The Hall–Kier alpha value is -0.160. The highest BCUT2D eigenvalue weighted by molar-refractivity contribution is 4.84. The van der Waals surface area contributed by atoms with Gasteiger partial charge < -0.3 is 15.2 Å². The largest absolute Gasteiger partial charge is 0.394 e. The lowest BCUT2D eigenvalue weighted by Gasteiger charge is -2.34. The van der Waals surface area contributed by atoms with Crippen LogP contribution in [-0.4, -0.2) is 61.5 Å². The van der Waals surface area contributed by atoms with Gasteiger partial charge in [0.1, 0.15) is 0 Å². The number of ether oxygens (including phenoxy) is 1. The van der Waals surface area contributed by atoms with Crippen molar-refractivity contribution in [2.75, 3.05) is 40.0 Å². The number of hydrogen-bond donors (Lipinski definition) is 2. The molecule has 4 nitrogen and oxygen atoms in total. The first-order valence-electron chi connectivity index (χ1n) is 7.11. The minimum Gasteiger partial charge on any atom is -0.394 e. The van der Waals surface area contributed by atoms with Crippen LogP contribution in [0, 0.1) is 0 Å². The summed E-state index contributed by atoms with van der Waals surface area (Å²) in [5.41, 5.74) is -0.170. The molecule has 0 rings (SSSR count). The Morgan fingerprint density at radius 1 is 1.39 bits per heavy atom. The number of hydrogen-bond acceptors (Lipinski definition) is 4. The molecule has 0 amide bonds. The molecule has 2 N–H and O–H groups in total. The molecular formula is C14H32N2O2. The molecule has 18 heavy (non-hydrogen) atoms. The summed E-state index contributed by atoms with van der Waals surface area (Å²) in [6.07, 6.45) is 2.04. The number of aliphatic hydroxyl groups excluding tert-OH is 1. The van der Waals surface area contributed by atoms with Gasteiger partial charge in [0, 0.05) is 25.2 Å². The zero-order valence-corrected chi connectivity index (χ0v) is 12.8. The van der Waals surface area contributed by atoms with Crippen molar-refractivity contribution in [3.63, 3.8) is 0 Å². The van der Waals surface area contributed by atoms with Crippen LogP contribution in [0.15, 0.2) is 0 Å². The zero-order valence-electron chi connectivity index (χ0n) is 12.8. The Morgan fingerprint density at radius 3 is 2.50 bits per heavy atom. The predicted octanol–water partition coefficient (Wildman–Crippen LogP) is 1.48. The normalized spacial score (nSPS) is 16.8. The van der Waals surface area contributed by atoms with Gasteiger partial charge in [0.15, 0.2) is 0 Å². The molecule has 0 aromatic rings. The molecule has 0 fully saturated rings. The number of nitrogens with one attached hydrogen (secondary N) is 1. The Labute approximate surface area is 113 Å². The lowest BCUT2D eigenvalue weighted by Crippen LogP contribution is -2.49. The Balaban J connectivity index is 4.21. The van der Waals surface area contributed by atoms with Crippen molar-refractivity contribution < 1.29 is 9.84 Å². The third-order valence-corrected chi connectivity index (χ3v) is 3.54. The van der Waals surface area contributed by atoms with Crippen molar-refractivity contribution in [3.05, 3.63) is 0 Å². The van der Waals surface area contributed by atoms with E-state index in [0.717, 1.165) is 39.1 Å². The first-order valence-corrected chi connectivity index (χ1v) is 7.11. The summed E-state index contributed by atoms with van der Waals surface area (Å²) in [5.74, 6) is 0. The van der Waals surface area contributed by atoms with Crippen LogP contribution in [0.1, 0.15) is 40.5 Å². The van der Waals surface area contributed by atoms with Crippen molar-refractivity contribution in [1.82, 2.24) is 10.2 Å². The van der Waals surface area contributed by atoms with Gasteiger partial charge in [-0.2, -0.15) is 0 Å². The fourth-order valence-corrected chi connectivity index (χ4v) is 2.08. The maximum absolute atomic E-state index is 9.53. The van der Waals surface area contributed by atoms with Crippen LogP contribution in [0.5, 0.6) is 0 Å². The predicted molar refractivity (Wildman–Crippen MR) is 77.0 cm³/mol. The van der Waals surface area contributed by atoms with E-state index in [9.17, 15) is 5.11 Å². The molecule has 0 aliphatic carbocycles. The molecule has 0 spiro atoms. The first-order chi connectivity index (χ1) is 8.52. The highest BCUT2D eigenvalue weighted by Gasteiger charge is 2.24. The Kier molecular flexibility index (Phi) is 9.64. The summed E-state index contributed by atoms with van der Waals surface area (Å²) < 4.78 is 5.20. The topological polar surface area (TPSA) is 44.7 Å². The molecule has 0 saturated heterocycles. The summed E-state index contributed by atoms with van der Waals surface area (Å²) in [4.78, 5) is 2.39. The Bertz CT molecular complexity index is 202.